The summed E-state index contributed by atoms with van der Waals surface area (Å²) in [5, 5.41) is 6.98. The highest BCUT2D eigenvalue weighted by Crippen LogP contribution is 2.26. The predicted octanol–water partition coefficient (Wildman–Crippen LogP) is 2.06. The van der Waals surface area contributed by atoms with Gasteiger partial charge in [0.2, 0.25) is 5.91 Å². The monoisotopic (exact) mass is 384 g/mol. The number of aryl methyl sites for hydroxylation is 1. The van der Waals surface area contributed by atoms with Gasteiger partial charge in [-0.1, -0.05) is 18.2 Å². The summed E-state index contributed by atoms with van der Waals surface area (Å²) in [6.45, 7) is 2.43. The molecule has 8 heteroatoms. The highest BCUT2D eigenvalue weighted by atomic mass is 32.1. The van der Waals surface area contributed by atoms with Crippen molar-refractivity contribution in [1.82, 2.24) is 15.1 Å². The summed E-state index contributed by atoms with van der Waals surface area (Å²) in [4.78, 5) is 26.3. The first-order valence-corrected chi connectivity index (χ1v) is 9.23. The molecule has 1 amide bonds. The Bertz CT molecular complexity index is 982. The number of nitrogens with one attached hydrogen (secondary N) is 1. The Labute approximate surface area is 160 Å². The molecule has 0 aliphatic rings. The topological polar surface area (TPSA) is 99.2 Å². The van der Waals surface area contributed by atoms with Crippen LogP contribution < -0.4 is 21.3 Å². The van der Waals surface area contributed by atoms with Crippen LogP contribution in [0.15, 0.2) is 53.3 Å². The Morgan fingerprint density at radius 3 is 2.74 bits per heavy atom. The number of ether oxygens (including phenoxy) is 1. The molecule has 0 aliphatic heterocycles. The molecule has 3 rings (SSSR count). The van der Waals surface area contributed by atoms with E-state index in [1.54, 1.807) is 11.3 Å². The quantitative estimate of drug-likeness (QED) is 0.608. The number of benzene rings is 1. The fourth-order valence-corrected chi connectivity index (χ4v) is 3.25. The van der Waals surface area contributed by atoms with Crippen LogP contribution >= 0.6 is 11.3 Å². The largest absolute Gasteiger partial charge is 0.492 e. The SMILES string of the molecule is Cc1ccc(-c2cc(N)c(=O)n(CC(=O)NCCOc3ccccc3)n2)s1. The number of para-hydroxylation sites is 1. The second-order valence-corrected chi connectivity index (χ2v) is 7.16. The Balaban J connectivity index is 1.60. The van der Waals surface area contributed by atoms with Crippen molar-refractivity contribution >= 4 is 22.9 Å². The molecule has 0 saturated heterocycles. The van der Waals surface area contributed by atoms with Crippen molar-refractivity contribution in [2.75, 3.05) is 18.9 Å². The van der Waals surface area contributed by atoms with Crippen molar-refractivity contribution in [3.8, 4) is 16.3 Å². The van der Waals surface area contributed by atoms with Crippen molar-refractivity contribution < 1.29 is 9.53 Å². The average Bonchev–Trinajstić information content (AvgIpc) is 3.10. The van der Waals surface area contributed by atoms with Crippen molar-refractivity contribution in [1.29, 1.82) is 0 Å². The minimum absolute atomic E-state index is 0.0614. The van der Waals surface area contributed by atoms with E-state index in [0.717, 1.165) is 20.2 Å². The van der Waals surface area contributed by atoms with Crippen LogP contribution in [0.3, 0.4) is 0 Å². The number of nitrogens with zero attached hydrogens (tertiary/aromatic N) is 2. The summed E-state index contributed by atoms with van der Waals surface area (Å²) >= 11 is 1.55. The van der Waals surface area contributed by atoms with Crippen molar-refractivity contribution in [3.63, 3.8) is 0 Å². The maximum Gasteiger partial charge on any atom is 0.290 e. The Morgan fingerprint density at radius 2 is 2.04 bits per heavy atom. The minimum atomic E-state index is -0.484. The van der Waals surface area contributed by atoms with Crippen LogP contribution in [0.25, 0.3) is 10.6 Å². The molecule has 140 valence electrons. The number of aromatic nitrogens is 2. The normalized spacial score (nSPS) is 10.6. The van der Waals surface area contributed by atoms with Crippen LogP contribution in [0.5, 0.6) is 5.75 Å². The molecule has 2 heterocycles. The molecule has 0 spiro atoms. The third-order valence-corrected chi connectivity index (χ3v) is 4.75. The van der Waals surface area contributed by atoms with Gasteiger partial charge < -0.3 is 15.8 Å². The van der Waals surface area contributed by atoms with Crippen LogP contribution in [0.4, 0.5) is 5.69 Å². The van der Waals surface area contributed by atoms with E-state index in [9.17, 15) is 9.59 Å². The third-order valence-electron chi connectivity index (χ3n) is 3.72. The number of carbonyl (C=O) groups is 1. The lowest BCUT2D eigenvalue weighted by atomic mass is 10.3. The fourth-order valence-electron chi connectivity index (χ4n) is 2.43. The van der Waals surface area contributed by atoms with E-state index >= 15 is 0 Å². The Hall–Kier alpha value is -3.13. The van der Waals surface area contributed by atoms with E-state index in [4.69, 9.17) is 10.5 Å². The summed E-state index contributed by atoms with van der Waals surface area (Å²) < 4.78 is 6.60. The zero-order chi connectivity index (χ0) is 19.2. The lowest BCUT2D eigenvalue weighted by Crippen LogP contribution is -2.36. The zero-order valence-corrected chi connectivity index (χ0v) is 15.7. The predicted molar refractivity (Wildman–Crippen MR) is 106 cm³/mol. The molecule has 27 heavy (non-hydrogen) atoms. The van der Waals surface area contributed by atoms with Crippen molar-refractivity contribution in [2.24, 2.45) is 0 Å². The zero-order valence-electron chi connectivity index (χ0n) is 14.8. The Morgan fingerprint density at radius 1 is 1.26 bits per heavy atom. The van der Waals surface area contributed by atoms with E-state index in [1.807, 2.05) is 49.4 Å². The lowest BCUT2D eigenvalue weighted by molar-refractivity contribution is -0.122. The minimum Gasteiger partial charge on any atom is -0.492 e. The first-order chi connectivity index (χ1) is 13.0. The molecule has 0 saturated carbocycles. The van der Waals surface area contributed by atoms with Gasteiger partial charge in [-0.3, -0.25) is 9.59 Å². The smallest absolute Gasteiger partial charge is 0.290 e. The first kappa shape index (κ1) is 18.7. The number of hydrogen-bond acceptors (Lipinski definition) is 6. The number of anilines is 1. The summed E-state index contributed by atoms with van der Waals surface area (Å²) in [5.41, 5.74) is 5.96. The van der Waals surface area contributed by atoms with Gasteiger partial charge >= 0.3 is 0 Å². The number of thiophene rings is 1. The standard InChI is InChI=1S/C19H20N4O3S/c1-13-7-8-17(27-13)16-11-15(20)19(25)23(22-16)12-18(24)21-9-10-26-14-5-3-2-4-6-14/h2-8,11H,9-10,12,20H2,1H3,(H,21,24). The number of rotatable bonds is 7. The van der Waals surface area contributed by atoms with Gasteiger partial charge in [0.25, 0.3) is 5.56 Å². The van der Waals surface area contributed by atoms with Gasteiger partial charge in [0.05, 0.1) is 11.4 Å². The van der Waals surface area contributed by atoms with E-state index in [1.165, 1.54) is 6.07 Å². The van der Waals surface area contributed by atoms with Crippen LogP contribution in [-0.2, 0) is 11.3 Å². The second kappa shape index (κ2) is 8.50. The lowest BCUT2D eigenvalue weighted by Gasteiger charge is -2.10. The van der Waals surface area contributed by atoms with Crippen LogP contribution in [0, 0.1) is 6.92 Å². The highest BCUT2D eigenvalue weighted by molar-refractivity contribution is 7.15. The summed E-state index contributed by atoms with van der Waals surface area (Å²) in [5.74, 6) is 0.400. The molecule has 0 unspecified atom stereocenters. The molecular weight excluding hydrogens is 364 g/mol. The van der Waals surface area contributed by atoms with Crippen LogP contribution in [0.2, 0.25) is 0 Å². The molecule has 0 aliphatic carbocycles. The van der Waals surface area contributed by atoms with Gasteiger partial charge in [-0.15, -0.1) is 11.3 Å². The highest BCUT2D eigenvalue weighted by Gasteiger charge is 2.12. The molecule has 0 atom stereocenters. The molecule has 0 radical (unpaired) electrons. The molecular formula is C19H20N4O3S. The number of nitrogens with two attached hydrogens (primary N) is 1. The van der Waals surface area contributed by atoms with E-state index in [0.29, 0.717) is 18.8 Å². The molecule has 0 bridgehead atoms. The van der Waals surface area contributed by atoms with Crippen LogP contribution in [0.1, 0.15) is 4.88 Å². The molecule has 3 aromatic rings. The average molecular weight is 384 g/mol. The second-order valence-electron chi connectivity index (χ2n) is 5.87. The number of hydrogen-bond donors (Lipinski definition) is 2. The van der Waals surface area contributed by atoms with Gasteiger partial charge in [-0.2, -0.15) is 5.10 Å². The first-order valence-electron chi connectivity index (χ1n) is 8.42. The van der Waals surface area contributed by atoms with Gasteiger partial charge in [-0.25, -0.2) is 4.68 Å². The molecule has 0 fully saturated rings. The maximum absolute atomic E-state index is 12.2. The number of carbonyl (C=O) groups excluding carboxylic acids is 1. The van der Waals surface area contributed by atoms with Gasteiger partial charge in [0.1, 0.15) is 30.3 Å². The summed E-state index contributed by atoms with van der Waals surface area (Å²) in [6, 6.07) is 14.7. The van der Waals surface area contributed by atoms with E-state index in [-0.39, 0.29) is 18.1 Å². The van der Waals surface area contributed by atoms with Gasteiger partial charge in [0.15, 0.2) is 0 Å². The Kier molecular flexibility index (Phi) is 5.87. The molecule has 2 aromatic heterocycles. The molecule has 3 N–H and O–H groups in total. The molecule has 1 aromatic carbocycles. The van der Waals surface area contributed by atoms with E-state index < -0.39 is 5.56 Å². The maximum atomic E-state index is 12.2. The van der Waals surface area contributed by atoms with Crippen LogP contribution in [-0.4, -0.2) is 28.8 Å². The third kappa shape index (κ3) is 4.95. The van der Waals surface area contributed by atoms with Crippen molar-refractivity contribution in [2.45, 2.75) is 13.5 Å². The summed E-state index contributed by atoms with van der Waals surface area (Å²) in [6.07, 6.45) is 0. The van der Waals surface area contributed by atoms with E-state index in [2.05, 4.69) is 10.4 Å². The number of amides is 1. The van der Waals surface area contributed by atoms with Gasteiger partial charge in [0, 0.05) is 4.88 Å². The van der Waals surface area contributed by atoms with Gasteiger partial charge in [-0.05, 0) is 37.3 Å². The number of nitrogen functional groups attached to an aromatic ring is 1. The summed E-state index contributed by atoms with van der Waals surface area (Å²) in [7, 11) is 0. The fraction of sp³-hybridized carbons (Fsp3) is 0.211. The molecule has 7 nitrogen and oxygen atoms in total. The van der Waals surface area contributed by atoms with Crippen molar-refractivity contribution in [3.05, 3.63) is 63.8 Å².